The normalized spacial score (nSPS) is 19.2. The second kappa shape index (κ2) is 8.76. The molecule has 2 atom stereocenters. The number of rotatable bonds is 6. The molecular weight excluding hydrogens is 432 g/mol. The van der Waals surface area contributed by atoms with E-state index in [4.69, 9.17) is 14.5 Å². The van der Waals surface area contributed by atoms with Gasteiger partial charge < -0.3 is 9.47 Å². The molecule has 0 saturated heterocycles. The number of fused-ring (bicyclic) bond motifs is 3. The van der Waals surface area contributed by atoms with Crippen molar-refractivity contribution in [3.63, 3.8) is 0 Å². The first-order valence-electron chi connectivity index (χ1n) is 10.5. The summed E-state index contributed by atoms with van der Waals surface area (Å²) in [6, 6.07) is 9.45. The zero-order valence-corrected chi connectivity index (χ0v) is 19.8. The largest absolute Gasteiger partial charge is 0.465 e. The number of para-hydroxylation sites is 1. The van der Waals surface area contributed by atoms with Gasteiger partial charge >= 0.3 is 5.97 Å². The van der Waals surface area contributed by atoms with E-state index in [1.807, 2.05) is 30.3 Å². The van der Waals surface area contributed by atoms with Crippen LogP contribution < -0.4 is 5.56 Å². The quantitative estimate of drug-likeness (QED) is 0.302. The lowest BCUT2D eigenvalue weighted by Gasteiger charge is -2.32. The predicted molar refractivity (Wildman–Crippen MR) is 124 cm³/mol. The molecule has 0 saturated carbocycles. The SMILES string of the molecule is CCOC(=O)C(C)Sc1nc2sc3c(c2c(=O)n1-c1ccccc1)CC(C)(CC)OC3. The Hall–Kier alpha value is -2.16. The van der Waals surface area contributed by atoms with E-state index >= 15 is 0 Å². The van der Waals surface area contributed by atoms with Crippen molar-refractivity contribution in [2.75, 3.05) is 6.61 Å². The lowest BCUT2D eigenvalue weighted by Crippen LogP contribution is -2.34. The summed E-state index contributed by atoms with van der Waals surface area (Å²) in [6.45, 7) is 8.55. The van der Waals surface area contributed by atoms with Crippen LogP contribution in [0.15, 0.2) is 40.3 Å². The van der Waals surface area contributed by atoms with Crippen molar-refractivity contribution in [3.8, 4) is 5.69 Å². The van der Waals surface area contributed by atoms with Gasteiger partial charge in [-0.1, -0.05) is 36.9 Å². The van der Waals surface area contributed by atoms with E-state index in [2.05, 4.69) is 13.8 Å². The number of benzene rings is 1. The van der Waals surface area contributed by atoms with Crippen LogP contribution in [0.1, 0.15) is 44.6 Å². The van der Waals surface area contributed by atoms with E-state index in [0.29, 0.717) is 35.0 Å². The lowest BCUT2D eigenvalue weighted by molar-refractivity contribution is -0.142. The summed E-state index contributed by atoms with van der Waals surface area (Å²) in [4.78, 5) is 32.7. The number of hydrogen-bond donors (Lipinski definition) is 0. The number of carbonyl (C=O) groups is 1. The average Bonchev–Trinajstić information content (AvgIpc) is 3.12. The molecule has 0 amide bonds. The molecule has 1 aliphatic heterocycles. The summed E-state index contributed by atoms with van der Waals surface area (Å²) >= 11 is 2.76. The summed E-state index contributed by atoms with van der Waals surface area (Å²) in [5.74, 6) is -0.320. The first-order valence-corrected chi connectivity index (χ1v) is 12.2. The third kappa shape index (κ3) is 4.16. The van der Waals surface area contributed by atoms with Gasteiger partial charge in [-0.05, 0) is 44.9 Å². The minimum Gasteiger partial charge on any atom is -0.465 e. The molecule has 0 aliphatic carbocycles. The standard InChI is InChI=1S/C23H26N2O4S2/c1-5-23(4)12-16-17(13-29-23)31-19-18(16)20(26)25(15-10-8-7-9-11-15)22(24-19)30-14(3)21(27)28-6-2/h7-11,14H,5-6,12-13H2,1-4H3. The highest BCUT2D eigenvalue weighted by Crippen LogP contribution is 2.39. The molecule has 6 nitrogen and oxygen atoms in total. The number of esters is 1. The zero-order chi connectivity index (χ0) is 22.2. The molecule has 8 heteroatoms. The fraction of sp³-hybridized carbons (Fsp3) is 0.435. The lowest BCUT2D eigenvalue weighted by atomic mass is 9.90. The molecule has 0 radical (unpaired) electrons. The van der Waals surface area contributed by atoms with E-state index in [1.165, 1.54) is 23.1 Å². The highest BCUT2D eigenvalue weighted by Gasteiger charge is 2.34. The highest BCUT2D eigenvalue weighted by atomic mass is 32.2. The maximum absolute atomic E-state index is 13.8. The van der Waals surface area contributed by atoms with Crippen LogP contribution in [0.5, 0.6) is 0 Å². The fourth-order valence-corrected chi connectivity index (χ4v) is 5.75. The number of carbonyl (C=O) groups excluding carboxylic acids is 1. The maximum Gasteiger partial charge on any atom is 0.319 e. The number of nitrogens with zero attached hydrogens (tertiary/aromatic N) is 2. The topological polar surface area (TPSA) is 70.4 Å². The molecule has 0 fully saturated rings. The Morgan fingerprint density at radius 3 is 2.77 bits per heavy atom. The number of thiophene rings is 1. The number of hydrogen-bond acceptors (Lipinski definition) is 7. The molecule has 3 aromatic rings. The average molecular weight is 459 g/mol. The third-order valence-electron chi connectivity index (χ3n) is 5.64. The second-order valence-electron chi connectivity index (χ2n) is 7.84. The van der Waals surface area contributed by atoms with Gasteiger partial charge in [-0.2, -0.15) is 0 Å². The van der Waals surface area contributed by atoms with Crippen LogP contribution in [0.3, 0.4) is 0 Å². The van der Waals surface area contributed by atoms with Gasteiger partial charge in [-0.3, -0.25) is 14.2 Å². The Morgan fingerprint density at radius 1 is 1.35 bits per heavy atom. The van der Waals surface area contributed by atoms with Crippen LogP contribution in [-0.2, 0) is 27.3 Å². The summed E-state index contributed by atoms with van der Waals surface area (Å²) < 4.78 is 12.9. The molecule has 0 spiro atoms. The summed E-state index contributed by atoms with van der Waals surface area (Å²) in [5.41, 5.74) is 1.39. The smallest absolute Gasteiger partial charge is 0.319 e. The van der Waals surface area contributed by atoms with Crippen molar-refractivity contribution in [2.24, 2.45) is 0 Å². The fourth-order valence-electron chi connectivity index (χ4n) is 3.68. The van der Waals surface area contributed by atoms with Gasteiger partial charge in [0.15, 0.2) is 5.16 Å². The monoisotopic (exact) mass is 458 g/mol. The molecule has 0 bridgehead atoms. The van der Waals surface area contributed by atoms with Crippen LogP contribution in [0.25, 0.3) is 15.9 Å². The first kappa shape index (κ1) is 22.0. The molecule has 164 valence electrons. The number of aromatic nitrogens is 2. The van der Waals surface area contributed by atoms with Crippen LogP contribution in [0.4, 0.5) is 0 Å². The van der Waals surface area contributed by atoms with Gasteiger partial charge in [0.1, 0.15) is 10.1 Å². The Morgan fingerprint density at radius 2 is 2.10 bits per heavy atom. The van der Waals surface area contributed by atoms with Gasteiger partial charge in [-0.15, -0.1) is 11.3 Å². The van der Waals surface area contributed by atoms with E-state index in [1.54, 1.807) is 18.4 Å². The van der Waals surface area contributed by atoms with E-state index in [-0.39, 0.29) is 17.1 Å². The molecule has 2 unspecified atom stereocenters. The van der Waals surface area contributed by atoms with Gasteiger partial charge in [0.25, 0.3) is 5.56 Å². The first-order chi connectivity index (χ1) is 14.9. The van der Waals surface area contributed by atoms with Crippen molar-refractivity contribution in [1.82, 2.24) is 9.55 Å². The molecule has 4 rings (SSSR count). The second-order valence-corrected chi connectivity index (χ2v) is 10.2. The van der Waals surface area contributed by atoms with Gasteiger partial charge in [0.05, 0.1) is 29.9 Å². The summed E-state index contributed by atoms with van der Waals surface area (Å²) in [7, 11) is 0. The number of thioether (sulfide) groups is 1. The number of ether oxygens (including phenoxy) is 2. The van der Waals surface area contributed by atoms with Crippen molar-refractivity contribution >= 4 is 39.3 Å². The Bertz CT molecular complexity index is 1170. The van der Waals surface area contributed by atoms with Crippen LogP contribution in [0, 0.1) is 0 Å². The highest BCUT2D eigenvalue weighted by molar-refractivity contribution is 8.00. The van der Waals surface area contributed by atoms with Gasteiger partial charge in [0.2, 0.25) is 0 Å². The molecule has 31 heavy (non-hydrogen) atoms. The van der Waals surface area contributed by atoms with Crippen molar-refractivity contribution in [3.05, 3.63) is 51.1 Å². The molecule has 3 heterocycles. The maximum atomic E-state index is 13.8. The molecule has 2 aromatic heterocycles. The Labute approximate surface area is 189 Å². The Kier molecular flexibility index (Phi) is 6.23. The molecule has 1 aliphatic rings. The van der Waals surface area contributed by atoms with Crippen LogP contribution >= 0.6 is 23.1 Å². The molecular formula is C23H26N2O4S2. The summed E-state index contributed by atoms with van der Waals surface area (Å²) in [6.07, 6.45) is 1.56. The van der Waals surface area contributed by atoms with E-state index in [9.17, 15) is 9.59 Å². The third-order valence-corrected chi connectivity index (χ3v) is 7.77. The van der Waals surface area contributed by atoms with Crippen LogP contribution in [0.2, 0.25) is 0 Å². The van der Waals surface area contributed by atoms with E-state index < -0.39 is 5.25 Å². The molecule has 1 aromatic carbocycles. The summed E-state index contributed by atoms with van der Waals surface area (Å²) in [5, 5.41) is 0.669. The van der Waals surface area contributed by atoms with Gasteiger partial charge in [0, 0.05) is 11.3 Å². The zero-order valence-electron chi connectivity index (χ0n) is 18.1. The predicted octanol–water partition coefficient (Wildman–Crippen LogP) is 4.73. The van der Waals surface area contributed by atoms with Crippen LogP contribution in [-0.4, -0.2) is 33.0 Å². The minimum atomic E-state index is -0.486. The van der Waals surface area contributed by atoms with E-state index in [0.717, 1.165) is 22.5 Å². The van der Waals surface area contributed by atoms with Crippen molar-refractivity contribution < 1.29 is 14.3 Å². The molecule has 0 N–H and O–H groups in total. The minimum absolute atomic E-state index is 0.104. The Balaban J connectivity index is 1.90. The van der Waals surface area contributed by atoms with Crippen molar-refractivity contribution in [2.45, 2.75) is 63.2 Å². The van der Waals surface area contributed by atoms with Gasteiger partial charge in [-0.25, -0.2) is 4.98 Å². The van der Waals surface area contributed by atoms with Crippen molar-refractivity contribution in [1.29, 1.82) is 0 Å².